The molecule has 1 aliphatic heterocycles. The Kier molecular flexibility index (Phi) is 6.06. The number of nitrogens with one attached hydrogen (secondary N) is 1. The number of hydrogen-bond donors (Lipinski definition) is 1. The highest BCUT2D eigenvalue weighted by molar-refractivity contribution is 6.32. The standard InChI is InChI=1S/C15H24ClN3O2/c1-3-4-7-19-15(20)14(16)13(10-17-19)18-11(2)12-5-8-21-9-6-12/h10-12,18H,3-9H2,1-2H3. The normalized spacial score (nSPS) is 17.7. The van der Waals surface area contributed by atoms with Crippen LogP contribution < -0.4 is 10.9 Å². The van der Waals surface area contributed by atoms with Crippen LogP contribution in [0.5, 0.6) is 0 Å². The van der Waals surface area contributed by atoms with Crippen LogP contribution in [0.25, 0.3) is 0 Å². The van der Waals surface area contributed by atoms with Crippen LogP contribution in [0.15, 0.2) is 11.0 Å². The van der Waals surface area contributed by atoms with Crippen LogP contribution >= 0.6 is 11.6 Å². The van der Waals surface area contributed by atoms with Crippen molar-refractivity contribution in [3.8, 4) is 0 Å². The summed E-state index contributed by atoms with van der Waals surface area (Å²) in [6.45, 7) is 6.43. The van der Waals surface area contributed by atoms with E-state index in [9.17, 15) is 4.79 Å². The molecule has 0 aromatic carbocycles. The van der Waals surface area contributed by atoms with E-state index in [2.05, 4.69) is 24.3 Å². The van der Waals surface area contributed by atoms with E-state index in [0.717, 1.165) is 38.9 Å². The van der Waals surface area contributed by atoms with Gasteiger partial charge in [0.05, 0.1) is 11.9 Å². The second-order valence-electron chi connectivity index (χ2n) is 5.64. The van der Waals surface area contributed by atoms with Crippen LogP contribution in [-0.2, 0) is 11.3 Å². The highest BCUT2D eigenvalue weighted by Gasteiger charge is 2.21. The molecular weight excluding hydrogens is 290 g/mol. The Balaban J connectivity index is 2.06. The number of rotatable bonds is 6. The first-order valence-electron chi connectivity index (χ1n) is 7.73. The Bertz CT molecular complexity index is 512. The summed E-state index contributed by atoms with van der Waals surface area (Å²) in [5.41, 5.74) is 0.419. The van der Waals surface area contributed by atoms with Crippen molar-refractivity contribution >= 4 is 17.3 Å². The lowest BCUT2D eigenvalue weighted by atomic mass is 9.93. The summed E-state index contributed by atoms with van der Waals surface area (Å²) < 4.78 is 6.82. The summed E-state index contributed by atoms with van der Waals surface area (Å²) in [6.07, 6.45) is 5.68. The maximum absolute atomic E-state index is 12.2. The lowest BCUT2D eigenvalue weighted by Crippen LogP contribution is -2.32. The molecule has 1 aliphatic rings. The van der Waals surface area contributed by atoms with Gasteiger partial charge in [-0.2, -0.15) is 5.10 Å². The first-order valence-corrected chi connectivity index (χ1v) is 8.11. The molecule has 5 nitrogen and oxygen atoms in total. The van der Waals surface area contributed by atoms with Crippen molar-refractivity contribution in [2.75, 3.05) is 18.5 Å². The second kappa shape index (κ2) is 7.80. The third-order valence-electron chi connectivity index (χ3n) is 4.06. The topological polar surface area (TPSA) is 56.1 Å². The average molecular weight is 314 g/mol. The second-order valence-corrected chi connectivity index (χ2v) is 6.01. The molecule has 21 heavy (non-hydrogen) atoms. The molecule has 1 aromatic rings. The van der Waals surface area contributed by atoms with Crippen molar-refractivity contribution in [1.29, 1.82) is 0 Å². The number of halogens is 1. The van der Waals surface area contributed by atoms with Crippen molar-refractivity contribution in [2.45, 2.75) is 52.1 Å². The SMILES string of the molecule is CCCCn1ncc(NC(C)C2CCOCC2)c(Cl)c1=O. The summed E-state index contributed by atoms with van der Waals surface area (Å²) in [6, 6.07) is 0.249. The summed E-state index contributed by atoms with van der Waals surface area (Å²) in [5, 5.41) is 7.78. The van der Waals surface area contributed by atoms with Crippen LogP contribution in [-0.4, -0.2) is 29.0 Å². The van der Waals surface area contributed by atoms with Gasteiger partial charge < -0.3 is 10.1 Å². The van der Waals surface area contributed by atoms with Crippen molar-refractivity contribution in [1.82, 2.24) is 9.78 Å². The predicted octanol–water partition coefficient (Wildman–Crippen LogP) is 2.92. The van der Waals surface area contributed by atoms with Gasteiger partial charge in [0, 0.05) is 25.8 Å². The zero-order chi connectivity index (χ0) is 15.2. The zero-order valence-electron chi connectivity index (χ0n) is 12.8. The third-order valence-corrected chi connectivity index (χ3v) is 4.43. The molecule has 0 bridgehead atoms. The number of ether oxygens (including phenoxy) is 1. The Morgan fingerprint density at radius 1 is 1.52 bits per heavy atom. The lowest BCUT2D eigenvalue weighted by Gasteiger charge is -2.29. The van der Waals surface area contributed by atoms with Gasteiger partial charge in [0.25, 0.3) is 5.56 Å². The van der Waals surface area contributed by atoms with Crippen molar-refractivity contribution in [3.63, 3.8) is 0 Å². The third kappa shape index (κ3) is 4.20. The summed E-state index contributed by atoms with van der Waals surface area (Å²) >= 11 is 6.20. The van der Waals surface area contributed by atoms with Gasteiger partial charge in [0.15, 0.2) is 0 Å². The Hall–Kier alpha value is -1.07. The fourth-order valence-electron chi connectivity index (χ4n) is 2.61. The summed E-state index contributed by atoms with van der Waals surface area (Å²) in [4.78, 5) is 12.2. The van der Waals surface area contributed by atoms with E-state index in [-0.39, 0.29) is 16.6 Å². The van der Waals surface area contributed by atoms with E-state index in [1.807, 2.05) is 0 Å². The van der Waals surface area contributed by atoms with E-state index in [1.54, 1.807) is 6.20 Å². The summed E-state index contributed by atoms with van der Waals surface area (Å²) in [7, 11) is 0. The number of unbranched alkanes of at least 4 members (excludes halogenated alkanes) is 1. The minimum absolute atomic E-state index is 0.214. The fraction of sp³-hybridized carbons (Fsp3) is 0.733. The van der Waals surface area contributed by atoms with Crippen LogP contribution in [0.2, 0.25) is 5.02 Å². The molecule has 1 N–H and O–H groups in total. The van der Waals surface area contributed by atoms with E-state index in [0.29, 0.717) is 18.2 Å². The van der Waals surface area contributed by atoms with Gasteiger partial charge >= 0.3 is 0 Å². The van der Waals surface area contributed by atoms with E-state index < -0.39 is 0 Å². The Morgan fingerprint density at radius 2 is 2.24 bits per heavy atom. The minimum atomic E-state index is -0.214. The van der Waals surface area contributed by atoms with Gasteiger partial charge in [0.1, 0.15) is 5.02 Å². The van der Waals surface area contributed by atoms with Crippen molar-refractivity contribution < 1.29 is 4.74 Å². The first kappa shape index (κ1) is 16.3. The molecular formula is C15H24ClN3O2. The van der Waals surface area contributed by atoms with Gasteiger partial charge in [-0.3, -0.25) is 4.79 Å². The molecule has 1 fully saturated rings. The maximum atomic E-state index is 12.2. The monoisotopic (exact) mass is 313 g/mol. The number of nitrogens with zero attached hydrogens (tertiary/aromatic N) is 2. The number of aromatic nitrogens is 2. The molecule has 0 aliphatic carbocycles. The molecule has 0 radical (unpaired) electrons. The van der Waals surface area contributed by atoms with E-state index in [1.165, 1.54) is 4.68 Å². The number of aryl methyl sites for hydroxylation is 1. The van der Waals surface area contributed by atoms with Gasteiger partial charge in [-0.15, -0.1) is 0 Å². The predicted molar refractivity (Wildman–Crippen MR) is 85.0 cm³/mol. The molecule has 2 rings (SSSR count). The minimum Gasteiger partial charge on any atom is -0.381 e. The van der Waals surface area contributed by atoms with Gasteiger partial charge in [-0.05, 0) is 32.1 Å². The fourth-order valence-corrected chi connectivity index (χ4v) is 2.81. The Labute approximate surface area is 130 Å². The molecule has 0 spiro atoms. The highest BCUT2D eigenvalue weighted by atomic mass is 35.5. The molecule has 1 saturated heterocycles. The number of anilines is 1. The zero-order valence-corrected chi connectivity index (χ0v) is 13.5. The van der Waals surface area contributed by atoms with Gasteiger partial charge in [0.2, 0.25) is 0 Å². The molecule has 2 heterocycles. The van der Waals surface area contributed by atoms with Crippen LogP contribution in [0.3, 0.4) is 0 Å². The first-order chi connectivity index (χ1) is 10.1. The van der Waals surface area contributed by atoms with Crippen LogP contribution in [0.4, 0.5) is 5.69 Å². The van der Waals surface area contributed by atoms with Gasteiger partial charge in [-0.1, -0.05) is 24.9 Å². The Morgan fingerprint density at radius 3 is 2.90 bits per heavy atom. The van der Waals surface area contributed by atoms with Crippen LogP contribution in [0.1, 0.15) is 39.5 Å². The van der Waals surface area contributed by atoms with E-state index >= 15 is 0 Å². The average Bonchev–Trinajstić information content (AvgIpc) is 2.52. The van der Waals surface area contributed by atoms with E-state index in [4.69, 9.17) is 16.3 Å². The molecule has 0 amide bonds. The summed E-state index contributed by atoms with van der Waals surface area (Å²) in [5.74, 6) is 0.539. The van der Waals surface area contributed by atoms with Gasteiger partial charge in [-0.25, -0.2) is 4.68 Å². The molecule has 6 heteroatoms. The molecule has 0 saturated carbocycles. The molecule has 118 valence electrons. The van der Waals surface area contributed by atoms with Crippen LogP contribution in [0, 0.1) is 5.92 Å². The largest absolute Gasteiger partial charge is 0.381 e. The lowest BCUT2D eigenvalue weighted by molar-refractivity contribution is 0.0622. The molecule has 1 atom stereocenters. The van der Waals surface area contributed by atoms with Crippen molar-refractivity contribution in [3.05, 3.63) is 21.6 Å². The maximum Gasteiger partial charge on any atom is 0.287 e. The quantitative estimate of drug-likeness (QED) is 0.877. The number of hydrogen-bond acceptors (Lipinski definition) is 4. The smallest absolute Gasteiger partial charge is 0.287 e. The van der Waals surface area contributed by atoms with Crippen molar-refractivity contribution in [2.24, 2.45) is 5.92 Å². The molecule has 1 unspecified atom stereocenters. The highest BCUT2D eigenvalue weighted by Crippen LogP contribution is 2.24. The molecule has 1 aromatic heterocycles.